The molecule has 0 bridgehead atoms. The lowest BCUT2D eigenvalue weighted by Crippen LogP contribution is -2.44. The Morgan fingerprint density at radius 2 is 1.51 bits per heavy atom. The van der Waals surface area contributed by atoms with E-state index in [9.17, 15) is 19.2 Å². The second-order valence-electron chi connectivity index (χ2n) is 8.62. The molecule has 10 nitrogen and oxygen atoms in total. The van der Waals surface area contributed by atoms with Crippen LogP contribution < -0.4 is 21.9 Å². The van der Waals surface area contributed by atoms with Crippen molar-refractivity contribution in [1.82, 2.24) is 9.55 Å². The third kappa shape index (κ3) is 6.49. The molecule has 1 amide bonds. The molecular weight excluding hydrogens is 500 g/mol. The summed E-state index contributed by atoms with van der Waals surface area (Å²) in [5.41, 5.74) is 7.43. The maximum Gasteiger partial charge on any atom is 0.338 e. The van der Waals surface area contributed by atoms with E-state index in [2.05, 4.69) is 4.98 Å². The zero-order valence-electron chi connectivity index (χ0n) is 21.3. The number of aromatic amines is 1. The molecule has 10 heteroatoms. The van der Waals surface area contributed by atoms with Gasteiger partial charge < -0.3 is 15.2 Å². The number of amides is 1. The number of aromatic nitrogens is 2. The van der Waals surface area contributed by atoms with Gasteiger partial charge in [0.1, 0.15) is 5.82 Å². The Kier molecular flexibility index (Phi) is 8.70. The smallest absolute Gasteiger partial charge is 0.338 e. The Balaban J connectivity index is 1.53. The summed E-state index contributed by atoms with van der Waals surface area (Å²) in [7, 11) is 1.44. The first-order valence-corrected chi connectivity index (χ1v) is 12.2. The fourth-order valence-electron chi connectivity index (χ4n) is 4.02. The minimum Gasteiger partial charge on any atom is -0.452 e. The second-order valence-corrected chi connectivity index (χ2v) is 8.62. The maximum atomic E-state index is 13.2. The van der Waals surface area contributed by atoms with Crippen LogP contribution in [0.25, 0.3) is 11.1 Å². The molecule has 3 aromatic carbocycles. The molecule has 3 N–H and O–H groups in total. The fourth-order valence-corrected chi connectivity index (χ4v) is 4.02. The highest BCUT2D eigenvalue weighted by atomic mass is 16.5. The monoisotopic (exact) mass is 528 g/mol. The Morgan fingerprint density at radius 1 is 0.897 bits per heavy atom. The van der Waals surface area contributed by atoms with Crippen molar-refractivity contribution in [2.45, 2.75) is 6.54 Å². The Bertz CT molecular complexity index is 1550. The standard InChI is InChI=1S/C29H28N4O6/c1-38-17-16-32(25-26(30)33(29(37)31-27(25)35)18-20-8-4-2-5-9-20)24(34)19-39-28(36)23-14-12-22(13-15-23)21-10-6-3-7-11-21/h2-15H,16-19,30H2,1H3,(H,31,35,37). The van der Waals surface area contributed by atoms with Crippen LogP contribution in [0.5, 0.6) is 0 Å². The minimum atomic E-state index is -0.839. The van der Waals surface area contributed by atoms with Gasteiger partial charge in [-0.05, 0) is 28.8 Å². The van der Waals surface area contributed by atoms with Crippen LogP contribution in [-0.2, 0) is 20.8 Å². The van der Waals surface area contributed by atoms with E-state index in [0.29, 0.717) is 0 Å². The molecular formula is C29H28N4O6. The van der Waals surface area contributed by atoms with Gasteiger partial charge in [-0.3, -0.25) is 24.0 Å². The Morgan fingerprint density at radius 3 is 2.15 bits per heavy atom. The van der Waals surface area contributed by atoms with Gasteiger partial charge in [0.05, 0.1) is 18.7 Å². The van der Waals surface area contributed by atoms with E-state index in [1.54, 1.807) is 48.5 Å². The molecule has 0 aliphatic heterocycles. The molecule has 0 spiro atoms. The highest BCUT2D eigenvalue weighted by molar-refractivity contribution is 5.98. The first-order chi connectivity index (χ1) is 18.9. The zero-order valence-corrected chi connectivity index (χ0v) is 21.3. The minimum absolute atomic E-state index is 0.0600. The Hall–Kier alpha value is -4.96. The lowest BCUT2D eigenvalue weighted by atomic mass is 10.0. The molecule has 1 heterocycles. The van der Waals surface area contributed by atoms with Gasteiger partial charge in [-0.15, -0.1) is 0 Å². The number of H-pyrrole nitrogens is 1. The molecule has 0 unspecified atom stereocenters. The van der Waals surface area contributed by atoms with Crippen LogP contribution in [0.4, 0.5) is 11.5 Å². The van der Waals surface area contributed by atoms with Crippen molar-refractivity contribution < 1.29 is 19.1 Å². The number of ether oxygens (including phenoxy) is 2. The third-order valence-corrected chi connectivity index (χ3v) is 6.04. The van der Waals surface area contributed by atoms with E-state index in [1.807, 2.05) is 36.4 Å². The van der Waals surface area contributed by atoms with Crippen molar-refractivity contribution in [1.29, 1.82) is 0 Å². The predicted molar refractivity (Wildman–Crippen MR) is 148 cm³/mol. The average molecular weight is 529 g/mol. The van der Waals surface area contributed by atoms with Crippen molar-refractivity contribution in [3.63, 3.8) is 0 Å². The predicted octanol–water partition coefficient (Wildman–Crippen LogP) is 2.67. The largest absolute Gasteiger partial charge is 0.452 e. The molecule has 200 valence electrons. The number of carbonyl (C=O) groups excluding carboxylic acids is 2. The number of carbonyl (C=O) groups is 2. The number of nitrogen functional groups attached to an aromatic ring is 1. The summed E-state index contributed by atoms with van der Waals surface area (Å²) in [5.74, 6) is -1.60. The number of methoxy groups -OCH3 is 1. The van der Waals surface area contributed by atoms with Gasteiger partial charge in [-0.2, -0.15) is 0 Å². The average Bonchev–Trinajstić information content (AvgIpc) is 2.96. The summed E-state index contributed by atoms with van der Waals surface area (Å²) in [6, 6.07) is 25.5. The van der Waals surface area contributed by atoms with Gasteiger partial charge in [0.25, 0.3) is 11.5 Å². The van der Waals surface area contributed by atoms with Gasteiger partial charge in [0, 0.05) is 13.7 Å². The van der Waals surface area contributed by atoms with Gasteiger partial charge >= 0.3 is 11.7 Å². The molecule has 4 rings (SSSR count). The SMILES string of the molecule is COCCN(C(=O)COC(=O)c1ccc(-c2ccccc2)cc1)c1c(N)n(Cc2ccccc2)c(=O)[nH]c1=O. The van der Waals surface area contributed by atoms with Crippen molar-refractivity contribution in [2.24, 2.45) is 0 Å². The first-order valence-electron chi connectivity index (χ1n) is 12.2. The van der Waals surface area contributed by atoms with E-state index in [-0.39, 0.29) is 36.8 Å². The first kappa shape index (κ1) is 27.1. The van der Waals surface area contributed by atoms with E-state index in [4.69, 9.17) is 15.2 Å². The fraction of sp³-hybridized carbons (Fsp3) is 0.172. The highest BCUT2D eigenvalue weighted by Gasteiger charge is 2.25. The molecule has 0 aliphatic rings. The number of nitrogens with zero attached hydrogens (tertiary/aromatic N) is 2. The number of nitrogens with one attached hydrogen (secondary N) is 1. The number of hydrogen-bond acceptors (Lipinski definition) is 7. The zero-order chi connectivity index (χ0) is 27.8. The molecule has 4 aromatic rings. The summed E-state index contributed by atoms with van der Waals surface area (Å²) in [6.07, 6.45) is 0. The number of hydrogen-bond donors (Lipinski definition) is 2. The van der Waals surface area contributed by atoms with E-state index < -0.39 is 29.7 Å². The molecule has 0 atom stereocenters. The number of benzene rings is 3. The molecule has 0 aliphatic carbocycles. The number of anilines is 2. The van der Waals surface area contributed by atoms with Gasteiger partial charge in [-0.1, -0.05) is 72.8 Å². The molecule has 0 saturated carbocycles. The number of nitrogens with two attached hydrogens (primary N) is 1. The van der Waals surface area contributed by atoms with Crippen molar-refractivity contribution >= 4 is 23.4 Å². The summed E-state index contributed by atoms with van der Waals surface area (Å²) in [5, 5.41) is 0. The van der Waals surface area contributed by atoms with Crippen LogP contribution in [0.3, 0.4) is 0 Å². The van der Waals surface area contributed by atoms with E-state index in [1.165, 1.54) is 11.7 Å². The lowest BCUT2D eigenvalue weighted by molar-refractivity contribution is -0.121. The summed E-state index contributed by atoms with van der Waals surface area (Å²) in [6.45, 7) is -0.567. The normalized spacial score (nSPS) is 10.7. The van der Waals surface area contributed by atoms with Crippen LogP contribution in [-0.4, -0.2) is 48.3 Å². The maximum absolute atomic E-state index is 13.2. The summed E-state index contributed by atoms with van der Waals surface area (Å²) < 4.78 is 11.5. The second kappa shape index (κ2) is 12.5. The van der Waals surface area contributed by atoms with Crippen LogP contribution in [0.2, 0.25) is 0 Å². The highest BCUT2D eigenvalue weighted by Crippen LogP contribution is 2.20. The molecule has 1 aromatic heterocycles. The van der Waals surface area contributed by atoms with Crippen molar-refractivity contribution in [3.8, 4) is 11.1 Å². The van der Waals surface area contributed by atoms with Crippen LogP contribution in [0, 0.1) is 0 Å². The van der Waals surface area contributed by atoms with Crippen LogP contribution in [0.1, 0.15) is 15.9 Å². The van der Waals surface area contributed by atoms with Gasteiger partial charge in [-0.25, -0.2) is 9.59 Å². The number of esters is 1. The molecule has 0 radical (unpaired) electrons. The molecule has 39 heavy (non-hydrogen) atoms. The summed E-state index contributed by atoms with van der Waals surface area (Å²) in [4.78, 5) is 54.4. The van der Waals surface area contributed by atoms with Gasteiger partial charge in [0.2, 0.25) is 0 Å². The van der Waals surface area contributed by atoms with E-state index >= 15 is 0 Å². The van der Waals surface area contributed by atoms with Crippen molar-refractivity contribution in [3.05, 3.63) is 117 Å². The van der Waals surface area contributed by atoms with Crippen LogP contribution >= 0.6 is 0 Å². The van der Waals surface area contributed by atoms with Crippen molar-refractivity contribution in [2.75, 3.05) is 37.5 Å². The lowest BCUT2D eigenvalue weighted by Gasteiger charge is -2.24. The Labute approximate surface area is 224 Å². The van der Waals surface area contributed by atoms with E-state index in [0.717, 1.165) is 21.6 Å². The quantitative estimate of drug-likeness (QED) is 0.302. The summed E-state index contributed by atoms with van der Waals surface area (Å²) >= 11 is 0. The number of rotatable bonds is 10. The topological polar surface area (TPSA) is 137 Å². The van der Waals surface area contributed by atoms with Gasteiger partial charge in [0.15, 0.2) is 12.3 Å². The molecule has 0 fully saturated rings. The molecule has 0 saturated heterocycles. The third-order valence-electron chi connectivity index (χ3n) is 6.04. The van der Waals surface area contributed by atoms with Crippen LogP contribution in [0.15, 0.2) is 94.5 Å².